The molecular weight excluding hydrogens is 250 g/mol. The molecule has 0 saturated heterocycles. The van der Waals surface area contributed by atoms with Gasteiger partial charge in [0.1, 0.15) is 11.6 Å². The SMILES string of the molecule is CNC(=O)NC(=O)CSc1cc(F)ccc1F. The number of thioether (sulfide) groups is 1. The average molecular weight is 260 g/mol. The molecule has 0 radical (unpaired) electrons. The Balaban J connectivity index is 2.53. The molecule has 1 aromatic carbocycles. The van der Waals surface area contributed by atoms with Gasteiger partial charge >= 0.3 is 6.03 Å². The van der Waals surface area contributed by atoms with Crippen molar-refractivity contribution < 1.29 is 18.4 Å². The molecule has 0 unspecified atom stereocenters. The summed E-state index contributed by atoms with van der Waals surface area (Å²) in [6.45, 7) is 0. The molecular formula is C10H10F2N2O2S. The highest BCUT2D eigenvalue weighted by molar-refractivity contribution is 8.00. The van der Waals surface area contributed by atoms with E-state index in [1.807, 2.05) is 5.32 Å². The fraction of sp³-hybridized carbons (Fsp3) is 0.200. The van der Waals surface area contributed by atoms with Crippen molar-refractivity contribution in [3.63, 3.8) is 0 Å². The zero-order valence-corrected chi connectivity index (χ0v) is 9.74. The van der Waals surface area contributed by atoms with E-state index in [9.17, 15) is 18.4 Å². The smallest absolute Gasteiger partial charge is 0.321 e. The Labute approximate surface area is 101 Å². The van der Waals surface area contributed by atoms with Gasteiger partial charge in [-0.25, -0.2) is 13.6 Å². The second-order valence-corrected chi connectivity index (χ2v) is 4.01. The van der Waals surface area contributed by atoms with Crippen molar-refractivity contribution in [2.45, 2.75) is 4.90 Å². The van der Waals surface area contributed by atoms with Crippen LogP contribution in [0.25, 0.3) is 0 Å². The standard InChI is InChI=1S/C10H10F2N2O2S/c1-13-10(16)14-9(15)5-17-8-4-6(11)2-3-7(8)12/h2-4H,5H2,1H3,(H2,13,14,15,16). The molecule has 0 atom stereocenters. The molecule has 7 heteroatoms. The molecule has 1 rings (SSSR count). The number of rotatable bonds is 3. The zero-order valence-electron chi connectivity index (χ0n) is 8.92. The summed E-state index contributed by atoms with van der Waals surface area (Å²) in [6, 6.07) is 2.32. The molecule has 4 nitrogen and oxygen atoms in total. The van der Waals surface area contributed by atoms with E-state index in [4.69, 9.17) is 0 Å². The minimum absolute atomic E-state index is 0.0251. The molecule has 3 amide bonds. The molecule has 0 aliphatic carbocycles. The minimum Gasteiger partial charge on any atom is -0.341 e. The third-order valence-corrected chi connectivity index (χ3v) is 2.76. The van der Waals surface area contributed by atoms with Crippen molar-refractivity contribution in [2.24, 2.45) is 0 Å². The molecule has 0 fully saturated rings. The Bertz CT molecular complexity index is 440. The summed E-state index contributed by atoms with van der Waals surface area (Å²) in [5, 5.41) is 4.21. The maximum atomic E-state index is 13.2. The van der Waals surface area contributed by atoms with Gasteiger partial charge in [0, 0.05) is 11.9 Å². The Morgan fingerprint density at radius 2 is 2.06 bits per heavy atom. The number of hydrogen-bond donors (Lipinski definition) is 2. The third-order valence-electron chi connectivity index (χ3n) is 1.73. The van der Waals surface area contributed by atoms with Crippen molar-refractivity contribution >= 4 is 23.7 Å². The number of urea groups is 1. The maximum absolute atomic E-state index is 13.2. The lowest BCUT2D eigenvalue weighted by molar-refractivity contribution is -0.117. The highest BCUT2D eigenvalue weighted by Gasteiger charge is 2.09. The predicted octanol–water partition coefficient (Wildman–Crippen LogP) is 1.51. The van der Waals surface area contributed by atoms with E-state index < -0.39 is 23.6 Å². The Kier molecular flexibility index (Phi) is 4.89. The van der Waals surface area contributed by atoms with Gasteiger partial charge in [-0.1, -0.05) is 0 Å². The van der Waals surface area contributed by atoms with Crippen LogP contribution in [0.1, 0.15) is 0 Å². The number of carbonyl (C=O) groups excluding carboxylic acids is 2. The van der Waals surface area contributed by atoms with Crippen LogP contribution in [0.3, 0.4) is 0 Å². The number of amides is 3. The van der Waals surface area contributed by atoms with Gasteiger partial charge < -0.3 is 5.32 Å². The molecule has 2 N–H and O–H groups in total. The van der Waals surface area contributed by atoms with Crippen LogP contribution in [0.4, 0.5) is 13.6 Å². The Morgan fingerprint density at radius 1 is 1.35 bits per heavy atom. The van der Waals surface area contributed by atoms with E-state index in [0.717, 1.165) is 30.0 Å². The van der Waals surface area contributed by atoms with E-state index in [0.29, 0.717) is 0 Å². The summed E-state index contributed by atoms with van der Waals surface area (Å²) in [5.74, 6) is -1.95. The number of halogens is 2. The van der Waals surface area contributed by atoms with Crippen LogP contribution >= 0.6 is 11.8 Å². The van der Waals surface area contributed by atoms with E-state index in [2.05, 4.69) is 5.32 Å². The van der Waals surface area contributed by atoms with Gasteiger partial charge in [-0.2, -0.15) is 0 Å². The van der Waals surface area contributed by atoms with Crippen molar-refractivity contribution in [2.75, 3.05) is 12.8 Å². The molecule has 0 heterocycles. The van der Waals surface area contributed by atoms with E-state index >= 15 is 0 Å². The van der Waals surface area contributed by atoms with Crippen LogP contribution in [0.2, 0.25) is 0 Å². The van der Waals surface area contributed by atoms with E-state index in [-0.39, 0.29) is 10.6 Å². The number of nitrogens with one attached hydrogen (secondary N) is 2. The second-order valence-electron chi connectivity index (χ2n) is 2.99. The molecule has 17 heavy (non-hydrogen) atoms. The third kappa shape index (κ3) is 4.39. The largest absolute Gasteiger partial charge is 0.341 e. The van der Waals surface area contributed by atoms with Crippen LogP contribution in [-0.2, 0) is 4.79 Å². The maximum Gasteiger partial charge on any atom is 0.321 e. The first-order chi connectivity index (χ1) is 8.02. The lowest BCUT2D eigenvalue weighted by Crippen LogP contribution is -2.38. The first kappa shape index (κ1) is 13.4. The summed E-state index contributed by atoms with van der Waals surface area (Å²) >= 11 is 0.815. The predicted molar refractivity (Wildman–Crippen MR) is 59.7 cm³/mol. The summed E-state index contributed by atoms with van der Waals surface area (Å²) in [4.78, 5) is 22.0. The van der Waals surface area contributed by atoms with Crippen molar-refractivity contribution in [1.82, 2.24) is 10.6 Å². The number of carbonyl (C=O) groups is 2. The normalized spacial score (nSPS) is 9.82. The van der Waals surface area contributed by atoms with Crippen LogP contribution < -0.4 is 10.6 Å². The van der Waals surface area contributed by atoms with Crippen LogP contribution in [-0.4, -0.2) is 24.7 Å². The monoisotopic (exact) mass is 260 g/mol. The van der Waals surface area contributed by atoms with Gasteiger partial charge in [-0.05, 0) is 18.2 Å². The van der Waals surface area contributed by atoms with Crippen molar-refractivity contribution in [1.29, 1.82) is 0 Å². The van der Waals surface area contributed by atoms with Crippen LogP contribution in [0, 0.1) is 11.6 Å². The molecule has 0 aromatic heterocycles. The fourth-order valence-electron chi connectivity index (χ4n) is 0.956. The Hall–Kier alpha value is -1.63. The first-order valence-electron chi connectivity index (χ1n) is 4.62. The number of hydrogen-bond acceptors (Lipinski definition) is 3. The molecule has 0 aliphatic rings. The topological polar surface area (TPSA) is 58.2 Å². The van der Waals surface area contributed by atoms with E-state index in [1.165, 1.54) is 7.05 Å². The summed E-state index contributed by atoms with van der Waals surface area (Å²) in [7, 11) is 1.36. The zero-order chi connectivity index (χ0) is 12.8. The highest BCUT2D eigenvalue weighted by Crippen LogP contribution is 2.22. The fourth-order valence-corrected chi connectivity index (χ4v) is 1.72. The van der Waals surface area contributed by atoms with Gasteiger partial charge in [0.2, 0.25) is 5.91 Å². The van der Waals surface area contributed by atoms with Gasteiger partial charge in [-0.15, -0.1) is 11.8 Å². The van der Waals surface area contributed by atoms with E-state index in [1.54, 1.807) is 0 Å². The lowest BCUT2D eigenvalue weighted by atomic mass is 10.3. The molecule has 0 spiro atoms. The molecule has 0 bridgehead atoms. The van der Waals surface area contributed by atoms with Crippen LogP contribution in [0.15, 0.2) is 23.1 Å². The van der Waals surface area contributed by atoms with Crippen LogP contribution in [0.5, 0.6) is 0 Å². The van der Waals surface area contributed by atoms with Gasteiger partial charge in [0.25, 0.3) is 0 Å². The summed E-state index contributed by atoms with van der Waals surface area (Å²) in [6.07, 6.45) is 0. The average Bonchev–Trinajstić information content (AvgIpc) is 2.30. The second kappa shape index (κ2) is 6.19. The minimum atomic E-state index is -0.643. The van der Waals surface area contributed by atoms with Crippen molar-refractivity contribution in [3.8, 4) is 0 Å². The quantitative estimate of drug-likeness (QED) is 0.810. The molecule has 92 valence electrons. The van der Waals surface area contributed by atoms with Gasteiger partial charge in [0.05, 0.1) is 5.75 Å². The van der Waals surface area contributed by atoms with Gasteiger partial charge in [-0.3, -0.25) is 10.1 Å². The lowest BCUT2D eigenvalue weighted by Gasteiger charge is -2.04. The molecule has 1 aromatic rings. The first-order valence-corrected chi connectivity index (χ1v) is 5.61. The summed E-state index contributed by atoms with van der Waals surface area (Å²) < 4.78 is 25.9. The molecule has 0 aliphatic heterocycles. The van der Waals surface area contributed by atoms with Crippen molar-refractivity contribution in [3.05, 3.63) is 29.8 Å². The summed E-state index contributed by atoms with van der Waals surface area (Å²) in [5.41, 5.74) is 0. The Morgan fingerprint density at radius 3 is 2.71 bits per heavy atom. The van der Waals surface area contributed by atoms with Gasteiger partial charge in [0.15, 0.2) is 0 Å². The molecule has 0 saturated carbocycles. The highest BCUT2D eigenvalue weighted by atomic mass is 32.2. The number of imide groups is 1. The number of benzene rings is 1.